The van der Waals surface area contributed by atoms with Crippen LogP contribution in [0.5, 0.6) is 5.75 Å². The molecule has 192 valence electrons. The van der Waals surface area contributed by atoms with Crippen molar-refractivity contribution in [3.05, 3.63) is 126 Å². The molecule has 5 rings (SSSR count). The molecular formula is C33H33N3O2. The van der Waals surface area contributed by atoms with E-state index in [0.717, 1.165) is 41.6 Å². The average molecular weight is 504 g/mol. The molecule has 2 unspecified atom stereocenters. The molecule has 1 aromatic heterocycles. The SMILES string of the molecule is CCCCCC(Oc1ccccc1)(C(CC(=O)c1ccccc1)c1ccccc1)n1nnc2ccccc21. The van der Waals surface area contributed by atoms with E-state index < -0.39 is 5.72 Å². The lowest BCUT2D eigenvalue weighted by atomic mass is 9.80. The number of carbonyl (C=O) groups is 1. The summed E-state index contributed by atoms with van der Waals surface area (Å²) in [5, 5.41) is 9.22. The standard InChI is InChI=1S/C33H33N3O2/c1-2-3-15-24-33(38-28-20-11-6-12-21-28,36-31-23-14-13-22-30(31)34-35-36)29(26-16-7-4-8-17-26)25-32(37)27-18-9-5-10-19-27/h4-14,16-23,29H,2-3,15,24-25H2,1H3. The number of para-hydroxylation sites is 2. The number of nitrogens with zero attached hydrogens (tertiary/aromatic N) is 3. The van der Waals surface area contributed by atoms with Crippen molar-refractivity contribution in [1.29, 1.82) is 0 Å². The highest BCUT2D eigenvalue weighted by atomic mass is 16.5. The third-order valence-electron chi connectivity index (χ3n) is 7.12. The van der Waals surface area contributed by atoms with Gasteiger partial charge in [0.05, 0.1) is 11.4 Å². The summed E-state index contributed by atoms with van der Waals surface area (Å²) in [6, 6.07) is 37.5. The minimum Gasteiger partial charge on any atom is -0.465 e. The molecule has 5 heteroatoms. The molecule has 5 aromatic rings. The van der Waals surface area contributed by atoms with E-state index in [1.54, 1.807) is 0 Å². The van der Waals surface area contributed by atoms with Gasteiger partial charge >= 0.3 is 0 Å². The van der Waals surface area contributed by atoms with E-state index in [-0.39, 0.29) is 18.1 Å². The van der Waals surface area contributed by atoms with Gasteiger partial charge in [-0.1, -0.05) is 116 Å². The fourth-order valence-corrected chi connectivity index (χ4v) is 5.21. The summed E-state index contributed by atoms with van der Waals surface area (Å²) in [5.41, 5.74) is 2.42. The van der Waals surface area contributed by atoms with E-state index in [2.05, 4.69) is 24.2 Å². The Morgan fingerprint density at radius 2 is 1.45 bits per heavy atom. The molecule has 0 fully saturated rings. The molecule has 38 heavy (non-hydrogen) atoms. The predicted molar refractivity (Wildman–Crippen MR) is 151 cm³/mol. The van der Waals surface area contributed by atoms with E-state index in [0.29, 0.717) is 12.0 Å². The van der Waals surface area contributed by atoms with E-state index in [1.807, 2.05) is 108 Å². The zero-order valence-corrected chi connectivity index (χ0v) is 21.7. The van der Waals surface area contributed by atoms with Crippen LogP contribution in [0, 0.1) is 0 Å². The lowest BCUT2D eigenvalue weighted by Crippen LogP contribution is -2.47. The smallest absolute Gasteiger partial charge is 0.211 e. The summed E-state index contributed by atoms with van der Waals surface area (Å²) in [5.74, 6) is 0.482. The summed E-state index contributed by atoms with van der Waals surface area (Å²) in [7, 11) is 0. The van der Waals surface area contributed by atoms with Crippen molar-refractivity contribution >= 4 is 16.8 Å². The van der Waals surface area contributed by atoms with Crippen molar-refractivity contribution < 1.29 is 9.53 Å². The molecule has 0 N–H and O–H groups in total. The van der Waals surface area contributed by atoms with Gasteiger partial charge in [-0.05, 0) is 36.2 Å². The van der Waals surface area contributed by atoms with E-state index in [1.165, 1.54) is 0 Å². The summed E-state index contributed by atoms with van der Waals surface area (Å²) in [4.78, 5) is 13.8. The van der Waals surface area contributed by atoms with Gasteiger partial charge in [0.25, 0.3) is 0 Å². The second-order valence-corrected chi connectivity index (χ2v) is 9.66. The first-order valence-electron chi connectivity index (χ1n) is 13.4. The van der Waals surface area contributed by atoms with Crippen molar-refractivity contribution in [2.75, 3.05) is 0 Å². The van der Waals surface area contributed by atoms with Crippen LogP contribution in [0.3, 0.4) is 0 Å². The molecule has 0 amide bonds. The number of aromatic nitrogens is 3. The minimum absolute atomic E-state index is 0.0698. The Hall–Kier alpha value is -4.25. The van der Waals surface area contributed by atoms with Gasteiger partial charge in [-0.2, -0.15) is 0 Å². The lowest BCUT2D eigenvalue weighted by Gasteiger charge is -2.41. The number of benzene rings is 4. The quantitative estimate of drug-likeness (QED) is 0.129. The van der Waals surface area contributed by atoms with E-state index in [9.17, 15) is 4.79 Å². The van der Waals surface area contributed by atoms with Crippen LogP contribution < -0.4 is 4.74 Å². The number of hydrogen-bond donors (Lipinski definition) is 0. The maximum Gasteiger partial charge on any atom is 0.211 e. The molecule has 0 radical (unpaired) electrons. The van der Waals surface area contributed by atoms with E-state index >= 15 is 0 Å². The third kappa shape index (κ3) is 5.37. The molecule has 0 aliphatic rings. The maximum atomic E-state index is 13.8. The Kier molecular flexibility index (Phi) is 7.93. The van der Waals surface area contributed by atoms with Gasteiger partial charge in [0.1, 0.15) is 11.3 Å². The predicted octanol–water partition coefficient (Wildman–Crippen LogP) is 7.80. The van der Waals surface area contributed by atoms with E-state index in [4.69, 9.17) is 9.95 Å². The van der Waals surface area contributed by atoms with Gasteiger partial charge in [0.15, 0.2) is 5.78 Å². The van der Waals surface area contributed by atoms with Crippen molar-refractivity contribution in [2.24, 2.45) is 0 Å². The number of fused-ring (bicyclic) bond motifs is 1. The normalized spacial score (nSPS) is 13.6. The molecule has 4 aromatic carbocycles. The van der Waals surface area contributed by atoms with Crippen LogP contribution in [-0.4, -0.2) is 20.8 Å². The number of ketones is 1. The Morgan fingerprint density at radius 3 is 2.16 bits per heavy atom. The highest BCUT2D eigenvalue weighted by Gasteiger charge is 2.46. The zero-order valence-electron chi connectivity index (χ0n) is 21.7. The second kappa shape index (κ2) is 11.9. The van der Waals surface area contributed by atoms with Crippen LogP contribution in [0.25, 0.3) is 11.0 Å². The minimum atomic E-state index is -0.988. The molecule has 0 aliphatic heterocycles. The summed E-state index contributed by atoms with van der Waals surface area (Å²) < 4.78 is 8.99. The highest BCUT2D eigenvalue weighted by Crippen LogP contribution is 2.44. The molecule has 0 saturated carbocycles. The summed E-state index contributed by atoms with van der Waals surface area (Å²) >= 11 is 0. The summed E-state index contributed by atoms with van der Waals surface area (Å²) in [6.45, 7) is 2.19. The Bertz CT molecular complexity index is 1450. The van der Waals surface area contributed by atoms with Gasteiger partial charge in [0.2, 0.25) is 5.72 Å². The fraction of sp³-hybridized carbons (Fsp3) is 0.242. The van der Waals surface area contributed by atoms with Crippen LogP contribution in [0.1, 0.15) is 60.9 Å². The number of unbranched alkanes of at least 4 members (excludes halogenated alkanes) is 2. The van der Waals surface area contributed by atoms with Gasteiger partial charge in [-0.15, -0.1) is 5.10 Å². The van der Waals surface area contributed by atoms with Crippen LogP contribution >= 0.6 is 0 Å². The average Bonchev–Trinajstić information content (AvgIpc) is 3.42. The van der Waals surface area contributed by atoms with Gasteiger partial charge < -0.3 is 4.74 Å². The number of carbonyl (C=O) groups excluding carboxylic acids is 1. The van der Waals surface area contributed by atoms with Crippen molar-refractivity contribution in [3.63, 3.8) is 0 Å². The van der Waals surface area contributed by atoms with Crippen molar-refractivity contribution in [2.45, 2.75) is 50.7 Å². The van der Waals surface area contributed by atoms with Crippen LogP contribution in [0.15, 0.2) is 115 Å². The Morgan fingerprint density at radius 1 is 0.816 bits per heavy atom. The molecule has 5 nitrogen and oxygen atoms in total. The molecule has 0 aliphatic carbocycles. The molecular weight excluding hydrogens is 470 g/mol. The number of Topliss-reactive ketones (excluding diaryl/α,β-unsaturated/α-hetero) is 1. The topological polar surface area (TPSA) is 57.0 Å². The summed E-state index contributed by atoms with van der Waals surface area (Å²) in [6.07, 6.45) is 3.96. The number of ether oxygens (including phenoxy) is 1. The highest BCUT2D eigenvalue weighted by molar-refractivity contribution is 5.96. The molecule has 1 heterocycles. The molecule has 0 bridgehead atoms. The number of rotatable bonds is 12. The first-order valence-corrected chi connectivity index (χ1v) is 13.4. The van der Waals surface area contributed by atoms with Crippen LogP contribution in [0.4, 0.5) is 0 Å². The first kappa shape index (κ1) is 25.4. The second-order valence-electron chi connectivity index (χ2n) is 9.66. The Balaban J connectivity index is 1.73. The van der Waals surface area contributed by atoms with Gasteiger partial charge in [-0.25, -0.2) is 4.68 Å². The fourth-order valence-electron chi connectivity index (χ4n) is 5.21. The molecule has 0 saturated heterocycles. The monoisotopic (exact) mass is 503 g/mol. The van der Waals surface area contributed by atoms with Crippen molar-refractivity contribution in [3.8, 4) is 5.75 Å². The third-order valence-corrected chi connectivity index (χ3v) is 7.12. The zero-order chi connectivity index (χ0) is 26.2. The molecule has 0 spiro atoms. The lowest BCUT2D eigenvalue weighted by molar-refractivity contribution is -0.0557. The van der Waals surface area contributed by atoms with Crippen LogP contribution in [-0.2, 0) is 5.72 Å². The largest absolute Gasteiger partial charge is 0.465 e. The van der Waals surface area contributed by atoms with Crippen molar-refractivity contribution in [1.82, 2.24) is 15.0 Å². The van der Waals surface area contributed by atoms with Crippen LogP contribution in [0.2, 0.25) is 0 Å². The van der Waals surface area contributed by atoms with Gasteiger partial charge in [0, 0.05) is 18.4 Å². The Labute approximate surface area is 224 Å². The maximum absolute atomic E-state index is 13.8. The molecule has 2 atom stereocenters. The van der Waals surface area contributed by atoms with Gasteiger partial charge in [-0.3, -0.25) is 4.79 Å². The first-order chi connectivity index (χ1) is 18.7. The number of hydrogen-bond acceptors (Lipinski definition) is 4.